The number of ether oxygens (including phenoxy) is 3. The zero-order chi connectivity index (χ0) is 17.2. The third kappa shape index (κ3) is 7.27. The minimum absolute atomic E-state index is 0. The first kappa shape index (κ1) is 21.8. The number of nitrogens with zero attached hydrogens (tertiary/aromatic N) is 1. The van der Waals surface area contributed by atoms with Crippen molar-refractivity contribution in [3.8, 4) is 11.5 Å². The summed E-state index contributed by atoms with van der Waals surface area (Å²) in [5.74, 6) is 2.36. The summed E-state index contributed by atoms with van der Waals surface area (Å²) in [4.78, 5) is 4.20. The van der Waals surface area contributed by atoms with E-state index in [-0.39, 0.29) is 24.0 Å². The molecule has 0 heterocycles. The molecule has 0 bridgehead atoms. The Morgan fingerprint density at radius 1 is 1.16 bits per heavy atom. The van der Waals surface area contributed by atoms with Crippen LogP contribution in [0.15, 0.2) is 23.2 Å². The lowest BCUT2D eigenvalue weighted by Gasteiger charge is -2.17. The Kier molecular flexibility index (Phi) is 10.6. The molecule has 0 atom stereocenters. The molecule has 7 heteroatoms. The topological polar surface area (TPSA) is 64.1 Å². The van der Waals surface area contributed by atoms with Crippen LogP contribution in [-0.4, -0.2) is 46.5 Å². The van der Waals surface area contributed by atoms with Gasteiger partial charge in [0.2, 0.25) is 0 Å². The Labute approximate surface area is 167 Å². The molecule has 25 heavy (non-hydrogen) atoms. The van der Waals surface area contributed by atoms with Gasteiger partial charge in [0.25, 0.3) is 0 Å². The first-order chi connectivity index (χ1) is 11.8. The van der Waals surface area contributed by atoms with Crippen LogP contribution in [0.2, 0.25) is 0 Å². The van der Waals surface area contributed by atoms with E-state index < -0.39 is 0 Å². The van der Waals surface area contributed by atoms with Crippen molar-refractivity contribution >= 4 is 29.9 Å². The van der Waals surface area contributed by atoms with Gasteiger partial charge >= 0.3 is 0 Å². The average Bonchev–Trinajstić information content (AvgIpc) is 3.11. The molecule has 2 rings (SSSR count). The molecule has 0 unspecified atom stereocenters. The summed E-state index contributed by atoms with van der Waals surface area (Å²) in [7, 11) is 5.11. The highest BCUT2D eigenvalue weighted by Crippen LogP contribution is 2.32. The summed E-state index contributed by atoms with van der Waals surface area (Å²) >= 11 is 0. The molecule has 0 saturated heterocycles. The van der Waals surface area contributed by atoms with Crippen LogP contribution in [0.1, 0.15) is 31.2 Å². The maximum absolute atomic E-state index is 6.14. The van der Waals surface area contributed by atoms with E-state index in [1.54, 1.807) is 21.3 Å². The van der Waals surface area contributed by atoms with Gasteiger partial charge in [0.1, 0.15) is 0 Å². The van der Waals surface area contributed by atoms with Gasteiger partial charge in [-0.05, 0) is 43.4 Å². The van der Waals surface area contributed by atoms with Crippen molar-refractivity contribution in [1.29, 1.82) is 0 Å². The molecule has 0 amide bonds. The van der Waals surface area contributed by atoms with Crippen molar-refractivity contribution in [2.24, 2.45) is 4.99 Å². The zero-order valence-electron chi connectivity index (χ0n) is 15.3. The normalized spacial score (nSPS) is 14.8. The maximum atomic E-state index is 6.14. The minimum atomic E-state index is 0. The number of nitrogens with one attached hydrogen (secondary N) is 2. The first-order valence-corrected chi connectivity index (χ1v) is 8.54. The van der Waals surface area contributed by atoms with Crippen LogP contribution in [0.3, 0.4) is 0 Å². The number of rotatable bonds is 8. The molecule has 1 fully saturated rings. The SMILES string of the molecule is CN=C(NCCOC)NCc1ccc(OC)c(OC2CCCC2)c1.I. The molecule has 6 nitrogen and oxygen atoms in total. The standard InChI is InChI=1S/C18H29N3O3.HI/c1-19-18(20-10-11-22-2)21-13-14-8-9-16(23-3)17(12-14)24-15-6-4-5-7-15;/h8-9,12,15H,4-7,10-11,13H2,1-3H3,(H2,19,20,21);1H. The van der Waals surface area contributed by atoms with Crippen molar-refractivity contribution in [3.63, 3.8) is 0 Å². The van der Waals surface area contributed by atoms with Crippen molar-refractivity contribution in [3.05, 3.63) is 23.8 Å². The van der Waals surface area contributed by atoms with Crippen LogP contribution in [0.4, 0.5) is 0 Å². The lowest BCUT2D eigenvalue weighted by molar-refractivity contribution is 0.200. The second-order valence-corrected chi connectivity index (χ2v) is 5.85. The van der Waals surface area contributed by atoms with Crippen LogP contribution >= 0.6 is 24.0 Å². The molecule has 1 aliphatic rings. The number of methoxy groups -OCH3 is 2. The number of hydrogen-bond donors (Lipinski definition) is 2. The highest BCUT2D eigenvalue weighted by atomic mass is 127. The van der Waals surface area contributed by atoms with E-state index >= 15 is 0 Å². The number of halogens is 1. The Morgan fingerprint density at radius 3 is 2.56 bits per heavy atom. The largest absolute Gasteiger partial charge is 0.493 e. The van der Waals surface area contributed by atoms with Gasteiger partial charge in [-0.3, -0.25) is 4.99 Å². The Hall–Kier alpha value is -1.22. The van der Waals surface area contributed by atoms with E-state index in [9.17, 15) is 0 Å². The minimum Gasteiger partial charge on any atom is -0.493 e. The lowest BCUT2D eigenvalue weighted by atomic mass is 10.2. The Morgan fingerprint density at radius 2 is 1.92 bits per heavy atom. The fourth-order valence-corrected chi connectivity index (χ4v) is 2.79. The van der Waals surface area contributed by atoms with Crippen LogP contribution in [-0.2, 0) is 11.3 Å². The first-order valence-electron chi connectivity index (χ1n) is 8.54. The van der Waals surface area contributed by atoms with E-state index in [4.69, 9.17) is 14.2 Å². The van der Waals surface area contributed by atoms with Crippen molar-refractivity contribution in [1.82, 2.24) is 10.6 Å². The second kappa shape index (κ2) is 12.2. The average molecular weight is 463 g/mol. The molecule has 142 valence electrons. The number of hydrogen-bond acceptors (Lipinski definition) is 4. The fraction of sp³-hybridized carbons (Fsp3) is 0.611. The molecule has 1 saturated carbocycles. The predicted octanol–water partition coefficient (Wildman–Crippen LogP) is 2.95. The van der Waals surface area contributed by atoms with E-state index in [2.05, 4.69) is 15.6 Å². The summed E-state index contributed by atoms with van der Waals surface area (Å²) in [6, 6.07) is 6.05. The van der Waals surface area contributed by atoms with Gasteiger partial charge in [-0.15, -0.1) is 24.0 Å². The Bertz CT molecular complexity index is 534. The quantitative estimate of drug-likeness (QED) is 0.269. The van der Waals surface area contributed by atoms with Gasteiger partial charge in [-0.1, -0.05) is 6.07 Å². The van der Waals surface area contributed by atoms with Gasteiger partial charge in [-0.25, -0.2) is 0 Å². The highest BCUT2D eigenvalue weighted by molar-refractivity contribution is 14.0. The van der Waals surface area contributed by atoms with Gasteiger partial charge in [0, 0.05) is 27.2 Å². The molecule has 2 N–H and O–H groups in total. The van der Waals surface area contributed by atoms with Crippen LogP contribution < -0.4 is 20.1 Å². The summed E-state index contributed by atoms with van der Waals surface area (Å²) < 4.78 is 16.6. The maximum Gasteiger partial charge on any atom is 0.191 e. The molecular formula is C18H30IN3O3. The van der Waals surface area contributed by atoms with Crippen molar-refractivity contribution < 1.29 is 14.2 Å². The molecule has 0 radical (unpaired) electrons. The van der Waals surface area contributed by atoms with Gasteiger partial charge in [0.05, 0.1) is 19.8 Å². The van der Waals surface area contributed by atoms with Crippen molar-refractivity contribution in [2.75, 3.05) is 34.4 Å². The van der Waals surface area contributed by atoms with Crippen LogP contribution in [0.25, 0.3) is 0 Å². The lowest BCUT2D eigenvalue weighted by Crippen LogP contribution is -2.38. The predicted molar refractivity (Wildman–Crippen MR) is 111 cm³/mol. The number of aliphatic imine (C=N–C) groups is 1. The van der Waals surface area contributed by atoms with Gasteiger partial charge in [-0.2, -0.15) is 0 Å². The molecule has 1 aromatic rings. The number of guanidine groups is 1. The highest BCUT2D eigenvalue weighted by Gasteiger charge is 2.18. The molecular weight excluding hydrogens is 433 g/mol. The summed E-state index contributed by atoms with van der Waals surface area (Å²) in [6.45, 7) is 2.02. The molecule has 1 aromatic carbocycles. The monoisotopic (exact) mass is 463 g/mol. The third-order valence-electron chi connectivity index (χ3n) is 4.11. The third-order valence-corrected chi connectivity index (χ3v) is 4.11. The van der Waals surface area contributed by atoms with E-state index in [1.165, 1.54) is 12.8 Å². The molecule has 0 spiro atoms. The van der Waals surface area contributed by atoms with Crippen LogP contribution in [0.5, 0.6) is 11.5 Å². The van der Waals surface area contributed by atoms with E-state index in [0.29, 0.717) is 19.3 Å². The molecule has 0 aromatic heterocycles. The van der Waals surface area contributed by atoms with Gasteiger partial charge in [0.15, 0.2) is 17.5 Å². The fourth-order valence-electron chi connectivity index (χ4n) is 2.79. The summed E-state index contributed by atoms with van der Waals surface area (Å²) in [6.07, 6.45) is 5.06. The summed E-state index contributed by atoms with van der Waals surface area (Å²) in [5.41, 5.74) is 1.12. The Balaban J connectivity index is 0.00000312. The summed E-state index contributed by atoms with van der Waals surface area (Å²) in [5, 5.41) is 6.48. The zero-order valence-corrected chi connectivity index (χ0v) is 17.7. The van der Waals surface area contributed by atoms with E-state index in [1.807, 2.05) is 18.2 Å². The van der Waals surface area contributed by atoms with Gasteiger partial charge < -0.3 is 24.8 Å². The molecule has 1 aliphatic carbocycles. The van der Waals surface area contributed by atoms with Crippen LogP contribution in [0, 0.1) is 0 Å². The van der Waals surface area contributed by atoms with E-state index in [0.717, 1.165) is 42.4 Å². The molecule has 0 aliphatic heterocycles. The number of benzene rings is 1. The van der Waals surface area contributed by atoms with Crippen molar-refractivity contribution in [2.45, 2.75) is 38.3 Å². The smallest absolute Gasteiger partial charge is 0.191 e. The second-order valence-electron chi connectivity index (χ2n) is 5.85.